The first-order valence-corrected chi connectivity index (χ1v) is 6.56. The standard InChI is InChI=1S/C16H17F2NO2/c1-10-6-7-15(20)14(8-10)11(2)19-12-4-3-5-13(9-12)21-16(17)18/h3-9,11,16,19-20H,1-2H3. The van der Waals surface area contributed by atoms with Gasteiger partial charge in [0.15, 0.2) is 0 Å². The number of nitrogens with one attached hydrogen (secondary N) is 1. The minimum atomic E-state index is -2.85. The zero-order valence-electron chi connectivity index (χ0n) is 11.8. The molecule has 0 saturated heterocycles. The maximum atomic E-state index is 12.2. The van der Waals surface area contributed by atoms with Crippen molar-refractivity contribution in [3.05, 3.63) is 53.6 Å². The van der Waals surface area contributed by atoms with Crippen molar-refractivity contribution in [3.8, 4) is 11.5 Å². The molecule has 0 saturated carbocycles. The lowest BCUT2D eigenvalue weighted by atomic mass is 10.0. The van der Waals surface area contributed by atoms with E-state index in [1.165, 1.54) is 12.1 Å². The van der Waals surface area contributed by atoms with Gasteiger partial charge in [0.05, 0.1) is 6.04 Å². The molecule has 0 aliphatic heterocycles. The normalized spacial score (nSPS) is 12.2. The Labute approximate surface area is 122 Å². The van der Waals surface area contributed by atoms with Crippen molar-refractivity contribution in [2.75, 3.05) is 5.32 Å². The lowest BCUT2D eigenvalue weighted by Gasteiger charge is -2.18. The third-order valence-corrected chi connectivity index (χ3v) is 3.09. The first-order valence-electron chi connectivity index (χ1n) is 6.56. The molecule has 0 bridgehead atoms. The maximum Gasteiger partial charge on any atom is 0.387 e. The van der Waals surface area contributed by atoms with Crippen LogP contribution in [0.3, 0.4) is 0 Å². The van der Waals surface area contributed by atoms with Gasteiger partial charge in [0, 0.05) is 17.3 Å². The number of anilines is 1. The van der Waals surface area contributed by atoms with Crippen LogP contribution in [0.2, 0.25) is 0 Å². The Morgan fingerprint density at radius 3 is 2.62 bits per heavy atom. The van der Waals surface area contributed by atoms with Gasteiger partial charge in [0.2, 0.25) is 0 Å². The fourth-order valence-electron chi connectivity index (χ4n) is 2.11. The quantitative estimate of drug-likeness (QED) is 0.854. The molecule has 0 spiro atoms. The van der Waals surface area contributed by atoms with E-state index in [-0.39, 0.29) is 17.5 Å². The molecule has 0 amide bonds. The van der Waals surface area contributed by atoms with E-state index in [2.05, 4.69) is 10.1 Å². The van der Waals surface area contributed by atoms with Crippen molar-refractivity contribution in [3.63, 3.8) is 0 Å². The minimum Gasteiger partial charge on any atom is -0.508 e. The van der Waals surface area contributed by atoms with E-state index in [1.54, 1.807) is 18.2 Å². The SMILES string of the molecule is Cc1ccc(O)c(C(C)Nc2cccc(OC(F)F)c2)c1. The van der Waals surface area contributed by atoms with Crippen molar-refractivity contribution in [2.45, 2.75) is 26.5 Å². The Hall–Kier alpha value is -2.30. The molecule has 2 aromatic carbocycles. The molecule has 1 unspecified atom stereocenters. The molecule has 0 fully saturated rings. The van der Waals surface area contributed by atoms with E-state index in [0.717, 1.165) is 11.1 Å². The molecule has 112 valence electrons. The van der Waals surface area contributed by atoms with E-state index in [0.29, 0.717) is 5.69 Å². The summed E-state index contributed by atoms with van der Waals surface area (Å²) >= 11 is 0. The van der Waals surface area contributed by atoms with Gasteiger partial charge in [-0.1, -0.05) is 23.8 Å². The Bertz CT molecular complexity index is 617. The molecule has 0 heterocycles. The number of hydrogen-bond acceptors (Lipinski definition) is 3. The molecule has 5 heteroatoms. The summed E-state index contributed by atoms with van der Waals surface area (Å²) in [6.45, 7) is 0.973. The topological polar surface area (TPSA) is 41.5 Å². The second-order valence-corrected chi connectivity index (χ2v) is 4.83. The summed E-state index contributed by atoms with van der Waals surface area (Å²) in [5, 5.41) is 13.0. The van der Waals surface area contributed by atoms with Gasteiger partial charge in [0.1, 0.15) is 11.5 Å². The van der Waals surface area contributed by atoms with Crippen LogP contribution in [0.5, 0.6) is 11.5 Å². The highest BCUT2D eigenvalue weighted by Crippen LogP contribution is 2.29. The van der Waals surface area contributed by atoms with Gasteiger partial charge in [-0.25, -0.2) is 0 Å². The van der Waals surface area contributed by atoms with Crippen LogP contribution in [0.4, 0.5) is 14.5 Å². The van der Waals surface area contributed by atoms with E-state index in [4.69, 9.17) is 0 Å². The van der Waals surface area contributed by atoms with Crippen molar-refractivity contribution >= 4 is 5.69 Å². The fraction of sp³-hybridized carbons (Fsp3) is 0.250. The number of ether oxygens (including phenoxy) is 1. The molecule has 0 aromatic heterocycles. The molecule has 0 aliphatic rings. The summed E-state index contributed by atoms with van der Waals surface area (Å²) in [5.74, 6) is 0.288. The second-order valence-electron chi connectivity index (χ2n) is 4.83. The highest BCUT2D eigenvalue weighted by Gasteiger charge is 2.11. The summed E-state index contributed by atoms with van der Waals surface area (Å²) in [5.41, 5.74) is 2.42. The third-order valence-electron chi connectivity index (χ3n) is 3.09. The number of phenols is 1. The van der Waals surface area contributed by atoms with Crippen molar-refractivity contribution in [2.24, 2.45) is 0 Å². The zero-order valence-corrected chi connectivity index (χ0v) is 11.8. The minimum absolute atomic E-state index is 0.0932. The predicted molar refractivity (Wildman–Crippen MR) is 78.0 cm³/mol. The summed E-state index contributed by atoms with van der Waals surface area (Å²) in [4.78, 5) is 0. The van der Waals surface area contributed by atoms with E-state index < -0.39 is 6.61 Å². The molecule has 0 radical (unpaired) electrons. The van der Waals surface area contributed by atoms with E-state index in [1.807, 2.05) is 26.0 Å². The van der Waals surface area contributed by atoms with Crippen molar-refractivity contribution in [1.82, 2.24) is 0 Å². The first-order chi connectivity index (χ1) is 9.95. The molecule has 21 heavy (non-hydrogen) atoms. The summed E-state index contributed by atoms with van der Waals surface area (Å²) in [6, 6.07) is 11.5. The highest BCUT2D eigenvalue weighted by molar-refractivity contribution is 5.51. The number of halogens is 2. The molecular formula is C16H17F2NO2. The molecular weight excluding hydrogens is 276 g/mol. The number of phenolic OH excluding ortho intramolecular Hbond substituents is 1. The summed E-state index contributed by atoms with van der Waals surface area (Å²) in [6.07, 6.45) is 0. The first kappa shape index (κ1) is 15.1. The predicted octanol–water partition coefficient (Wildman–Crippen LogP) is 4.48. The van der Waals surface area contributed by atoms with Crippen LogP contribution < -0.4 is 10.1 Å². The van der Waals surface area contributed by atoms with Gasteiger partial charge in [-0.3, -0.25) is 0 Å². The number of benzene rings is 2. The van der Waals surface area contributed by atoms with Crippen molar-refractivity contribution < 1.29 is 18.6 Å². The Morgan fingerprint density at radius 1 is 1.14 bits per heavy atom. The van der Waals surface area contributed by atoms with E-state index >= 15 is 0 Å². The fourth-order valence-corrected chi connectivity index (χ4v) is 2.11. The summed E-state index contributed by atoms with van der Waals surface area (Å²) in [7, 11) is 0. The van der Waals surface area contributed by atoms with Gasteiger partial charge in [-0.15, -0.1) is 0 Å². The van der Waals surface area contributed by atoms with Crippen molar-refractivity contribution in [1.29, 1.82) is 0 Å². The van der Waals surface area contributed by atoms with Gasteiger partial charge < -0.3 is 15.2 Å². The number of aryl methyl sites for hydroxylation is 1. The second kappa shape index (κ2) is 6.43. The van der Waals surface area contributed by atoms with Gasteiger partial charge in [-0.2, -0.15) is 8.78 Å². The number of rotatable bonds is 5. The molecule has 1 atom stereocenters. The maximum absolute atomic E-state index is 12.2. The smallest absolute Gasteiger partial charge is 0.387 e. The van der Waals surface area contributed by atoms with Crippen LogP contribution >= 0.6 is 0 Å². The van der Waals surface area contributed by atoms with Gasteiger partial charge in [0.25, 0.3) is 0 Å². The number of alkyl halides is 2. The molecule has 0 aliphatic carbocycles. The largest absolute Gasteiger partial charge is 0.508 e. The molecule has 2 rings (SSSR count). The average molecular weight is 293 g/mol. The lowest BCUT2D eigenvalue weighted by molar-refractivity contribution is -0.0498. The zero-order chi connectivity index (χ0) is 15.4. The molecule has 2 aromatic rings. The summed E-state index contributed by atoms with van der Waals surface area (Å²) < 4.78 is 28.8. The Kier molecular flexibility index (Phi) is 4.62. The van der Waals surface area contributed by atoms with Crippen LogP contribution in [-0.4, -0.2) is 11.7 Å². The van der Waals surface area contributed by atoms with Crippen LogP contribution in [0.15, 0.2) is 42.5 Å². The van der Waals surface area contributed by atoms with Crippen LogP contribution in [0.25, 0.3) is 0 Å². The van der Waals surface area contributed by atoms with E-state index in [9.17, 15) is 13.9 Å². The van der Waals surface area contributed by atoms with Gasteiger partial charge in [-0.05, 0) is 32.0 Å². The van der Waals surface area contributed by atoms with Crippen LogP contribution in [0, 0.1) is 6.92 Å². The van der Waals surface area contributed by atoms with Crippen LogP contribution in [0.1, 0.15) is 24.1 Å². The molecule has 3 nitrogen and oxygen atoms in total. The third kappa shape index (κ3) is 4.08. The lowest BCUT2D eigenvalue weighted by Crippen LogP contribution is -2.08. The Morgan fingerprint density at radius 2 is 1.90 bits per heavy atom. The van der Waals surface area contributed by atoms with Crippen LogP contribution in [-0.2, 0) is 0 Å². The number of hydrogen-bond donors (Lipinski definition) is 2. The Balaban J connectivity index is 2.15. The monoisotopic (exact) mass is 293 g/mol. The molecule has 2 N–H and O–H groups in total. The van der Waals surface area contributed by atoms with Gasteiger partial charge >= 0.3 is 6.61 Å². The number of aromatic hydroxyl groups is 1. The average Bonchev–Trinajstić information content (AvgIpc) is 2.41. The highest BCUT2D eigenvalue weighted by atomic mass is 19.3.